The number of thioether (sulfide) groups is 1. The van der Waals surface area contributed by atoms with Crippen molar-refractivity contribution in [1.82, 2.24) is 0 Å². The summed E-state index contributed by atoms with van der Waals surface area (Å²) in [6.07, 6.45) is 2.61. The average Bonchev–Trinajstić information content (AvgIpc) is 2.26. The molecule has 0 atom stereocenters. The highest BCUT2D eigenvalue weighted by Crippen LogP contribution is 2.12. The topological polar surface area (TPSA) is 20.3 Å². The van der Waals surface area contributed by atoms with Gasteiger partial charge in [-0.15, -0.1) is 0 Å². The lowest BCUT2D eigenvalue weighted by Gasteiger charge is -2.16. The van der Waals surface area contributed by atoms with Crippen LogP contribution in [0.25, 0.3) is 0 Å². The van der Waals surface area contributed by atoms with Gasteiger partial charge in [-0.25, -0.2) is 0 Å². The first-order valence-electron chi connectivity index (χ1n) is 4.56. The fourth-order valence-electron chi connectivity index (χ4n) is 1.15. The van der Waals surface area contributed by atoms with Crippen LogP contribution in [0.2, 0.25) is 0 Å². The van der Waals surface area contributed by atoms with Crippen LogP contribution in [-0.2, 0) is 4.79 Å². The first kappa shape index (κ1) is 11.1. The summed E-state index contributed by atoms with van der Waals surface area (Å²) in [7, 11) is 1.82. The van der Waals surface area contributed by atoms with Crippen LogP contribution in [0.1, 0.15) is 6.42 Å². The van der Waals surface area contributed by atoms with Gasteiger partial charge in [0.05, 0.1) is 0 Å². The van der Waals surface area contributed by atoms with Crippen LogP contribution in [0.5, 0.6) is 0 Å². The van der Waals surface area contributed by atoms with E-state index in [0.717, 1.165) is 11.4 Å². The van der Waals surface area contributed by atoms with E-state index in [4.69, 9.17) is 0 Å². The molecule has 76 valence electrons. The van der Waals surface area contributed by atoms with E-state index in [0.29, 0.717) is 6.42 Å². The smallest absolute Gasteiger partial charge is 0.227 e. The molecule has 0 bridgehead atoms. The lowest BCUT2D eigenvalue weighted by atomic mass is 10.3. The number of benzene rings is 1. The molecule has 0 heterocycles. The summed E-state index contributed by atoms with van der Waals surface area (Å²) < 4.78 is 0. The molecular weight excluding hydrogens is 194 g/mol. The predicted molar refractivity (Wildman–Crippen MR) is 62.9 cm³/mol. The molecule has 0 fully saturated rings. The van der Waals surface area contributed by atoms with Crippen LogP contribution in [0.3, 0.4) is 0 Å². The minimum Gasteiger partial charge on any atom is -0.315 e. The normalized spacial score (nSPS) is 9.86. The Morgan fingerprint density at radius 2 is 2.00 bits per heavy atom. The molecule has 0 unspecified atom stereocenters. The van der Waals surface area contributed by atoms with E-state index >= 15 is 0 Å². The van der Waals surface area contributed by atoms with Crippen molar-refractivity contribution < 1.29 is 4.79 Å². The standard InChI is InChI=1S/C11H15NOS/c1-12(11(13)8-9-14-2)10-6-4-3-5-7-10/h3-7H,8-9H2,1-2H3. The van der Waals surface area contributed by atoms with Gasteiger partial charge in [0.2, 0.25) is 5.91 Å². The van der Waals surface area contributed by atoms with Crippen molar-refractivity contribution in [3.8, 4) is 0 Å². The summed E-state index contributed by atoms with van der Waals surface area (Å²) in [6, 6.07) is 9.71. The molecule has 14 heavy (non-hydrogen) atoms. The van der Waals surface area contributed by atoms with Gasteiger partial charge in [-0.3, -0.25) is 4.79 Å². The number of nitrogens with zero attached hydrogens (tertiary/aromatic N) is 1. The number of carbonyl (C=O) groups excluding carboxylic acids is 1. The zero-order valence-corrected chi connectivity index (χ0v) is 9.38. The van der Waals surface area contributed by atoms with Gasteiger partial charge in [0.1, 0.15) is 0 Å². The van der Waals surface area contributed by atoms with E-state index in [1.165, 1.54) is 0 Å². The zero-order chi connectivity index (χ0) is 10.4. The SMILES string of the molecule is CSCCC(=O)N(C)c1ccccc1. The first-order valence-corrected chi connectivity index (χ1v) is 5.95. The van der Waals surface area contributed by atoms with E-state index < -0.39 is 0 Å². The number of amides is 1. The van der Waals surface area contributed by atoms with Gasteiger partial charge >= 0.3 is 0 Å². The van der Waals surface area contributed by atoms with Crippen LogP contribution in [0.4, 0.5) is 5.69 Å². The van der Waals surface area contributed by atoms with Crippen molar-refractivity contribution in [2.75, 3.05) is 24.0 Å². The molecule has 1 rings (SSSR count). The second-order valence-corrected chi connectivity index (χ2v) is 4.02. The number of carbonyl (C=O) groups is 1. The quantitative estimate of drug-likeness (QED) is 0.759. The van der Waals surface area contributed by atoms with Crippen molar-refractivity contribution in [2.45, 2.75) is 6.42 Å². The number of para-hydroxylation sites is 1. The number of anilines is 1. The average molecular weight is 209 g/mol. The van der Waals surface area contributed by atoms with Gasteiger partial charge in [-0.05, 0) is 18.4 Å². The third kappa shape index (κ3) is 3.07. The number of rotatable bonds is 4. The molecule has 0 aromatic heterocycles. The van der Waals surface area contributed by atoms with Gasteiger partial charge in [0.15, 0.2) is 0 Å². The van der Waals surface area contributed by atoms with E-state index in [1.807, 2.05) is 43.6 Å². The Labute approximate surface area is 89.3 Å². The Morgan fingerprint density at radius 1 is 1.36 bits per heavy atom. The molecule has 1 aromatic rings. The molecule has 0 saturated heterocycles. The van der Waals surface area contributed by atoms with Gasteiger partial charge in [-0.2, -0.15) is 11.8 Å². The van der Waals surface area contributed by atoms with Crippen molar-refractivity contribution in [1.29, 1.82) is 0 Å². The predicted octanol–water partition coefficient (Wildman–Crippen LogP) is 2.40. The molecule has 0 N–H and O–H groups in total. The van der Waals surface area contributed by atoms with Crippen LogP contribution < -0.4 is 4.90 Å². The molecule has 0 saturated carbocycles. The summed E-state index contributed by atoms with van der Waals surface area (Å²) in [5.41, 5.74) is 0.957. The Kier molecular flexibility index (Phi) is 4.53. The monoisotopic (exact) mass is 209 g/mol. The Balaban J connectivity index is 2.57. The molecule has 0 aliphatic carbocycles. The number of hydrogen-bond acceptors (Lipinski definition) is 2. The fourth-order valence-corrected chi connectivity index (χ4v) is 1.53. The summed E-state index contributed by atoms with van der Waals surface area (Å²) in [6.45, 7) is 0. The molecule has 0 aliphatic heterocycles. The highest BCUT2D eigenvalue weighted by molar-refractivity contribution is 7.98. The van der Waals surface area contributed by atoms with Crippen LogP contribution in [-0.4, -0.2) is 25.0 Å². The molecule has 1 amide bonds. The van der Waals surface area contributed by atoms with Crippen LogP contribution in [0.15, 0.2) is 30.3 Å². The third-order valence-electron chi connectivity index (χ3n) is 2.04. The van der Waals surface area contributed by atoms with Crippen molar-refractivity contribution in [3.05, 3.63) is 30.3 Å². The molecule has 0 aliphatic rings. The van der Waals surface area contributed by atoms with Gasteiger partial charge in [-0.1, -0.05) is 18.2 Å². The summed E-state index contributed by atoms with van der Waals surface area (Å²) >= 11 is 1.70. The molecule has 0 radical (unpaired) electrons. The van der Waals surface area contributed by atoms with Crippen LogP contribution >= 0.6 is 11.8 Å². The molecular formula is C11H15NOS. The summed E-state index contributed by atoms with van der Waals surface area (Å²) in [4.78, 5) is 13.3. The Hall–Kier alpha value is -0.960. The Morgan fingerprint density at radius 3 is 2.57 bits per heavy atom. The summed E-state index contributed by atoms with van der Waals surface area (Å²) in [5, 5.41) is 0. The largest absolute Gasteiger partial charge is 0.315 e. The lowest BCUT2D eigenvalue weighted by molar-refractivity contribution is -0.117. The highest BCUT2D eigenvalue weighted by Gasteiger charge is 2.08. The van der Waals surface area contributed by atoms with Gasteiger partial charge < -0.3 is 4.90 Å². The Bertz CT molecular complexity index is 287. The lowest BCUT2D eigenvalue weighted by Crippen LogP contribution is -2.26. The molecule has 0 spiro atoms. The molecule has 3 heteroatoms. The van der Waals surface area contributed by atoms with Crippen molar-refractivity contribution in [3.63, 3.8) is 0 Å². The van der Waals surface area contributed by atoms with Crippen molar-refractivity contribution >= 4 is 23.4 Å². The molecule has 2 nitrogen and oxygen atoms in total. The third-order valence-corrected chi connectivity index (χ3v) is 2.65. The minimum atomic E-state index is 0.172. The second-order valence-electron chi connectivity index (χ2n) is 3.03. The molecule has 1 aromatic carbocycles. The van der Waals surface area contributed by atoms with E-state index in [9.17, 15) is 4.79 Å². The highest BCUT2D eigenvalue weighted by atomic mass is 32.2. The van der Waals surface area contributed by atoms with E-state index in [2.05, 4.69) is 0 Å². The second kappa shape index (κ2) is 5.70. The summed E-state index contributed by atoms with van der Waals surface area (Å²) in [5.74, 6) is 1.06. The van der Waals surface area contributed by atoms with E-state index in [-0.39, 0.29) is 5.91 Å². The maximum atomic E-state index is 11.6. The zero-order valence-electron chi connectivity index (χ0n) is 8.56. The van der Waals surface area contributed by atoms with Gasteiger partial charge in [0.25, 0.3) is 0 Å². The fraction of sp³-hybridized carbons (Fsp3) is 0.364. The van der Waals surface area contributed by atoms with Crippen LogP contribution in [0, 0.1) is 0 Å². The van der Waals surface area contributed by atoms with Crippen molar-refractivity contribution in [2.24, 2.45) is 0 Å². The minimum absolute atomic E-state index is 0.172. The first-order chi connectivity index (χ1) is 6.75. The number of hydrogen-bond donors (Lipinski definition) is 0. The maximum absolute atomic E-state index is 11.6. The van der Waals surface area contributed by atoms with E-state index in [1.54, 1.807) is 16.7 Å². The maximum Gasteiger partial charge on any atom is 0.227 e. The van der Waals surface area contributed by atoms with Gasteiger partial charge in [0, 0.05) is 24.9 Å².